The molecule has 0 aromatic heterocycles. The highest BCUT2D eigenvalue weighted by Gasteiger charge is 2.33. The van der Waals surface area contributed by atoms with Crippen LogP contribution in [0.25, 0.3) is 0 Å². The Hall–Kier alpha value is -1.10. The maximum absolute atomic E-state index is 11.9. The molecule has 1 fully saturated rings. The summed E-state index contributed by atoms with van der Waals surface area (Å²) in [6.07, 6.45) is 3.26. The number of nitrogens with one attached hydrogen (secondary N) is 1. The molecular weight excluding hydrogens is 276 g/mol. The minimum absolute atomic E-state index is 0. The Labute approximate surface area is 126 Å². The summed E-state index contributed by atoms with van der Waals surface area (Å²) >= 11 is 0. The average Bonchev–Trinajstić information content (AvgIpc) is 3.23. The van der Waals surface area contributed by atoms with Crippen LogP contribution in [0.4, 0.5) is 0 Å². The average molecular weight is 299 g/mol. The summed E-state index contributed by atoms with van der Waals surface area (Å²) in [5.74, 6) is 0.480. The predicted molar refractivity (Wildman–Crippen MR) is 81.9 cm³/mol. The third-order valence-electron chi connectivity index (χ3n) is 3.50. The van der Waals surface area contributed by atoms with Gasteiger partial charge in [-0.05, 0) is 30.7 Å². The standard InChI is InChI=1S/C15H22N2O2.ClH/c1-19-10-13(16)15(18)17-14(12-7-8-12)9-11-5-3-2-4-6-11;/h2-6,12-14H,7-10,16H2,1H3,(H,17,18);1H. The van der Waals surface area contributed by atoms with Gasteiger partial charge in [0.2, 0.25) is 5.91 Å². The van der Waals surface area contributed by atoms with Crippen molar-refractivity contribution < 1.29 is 9.53 Å². The largest absolute Gasteiger partial charge is 0.383 e. The van der Waals surface area contributed by atoms with Crippen LogP contribution in [0.15, 0.2) is 30.3 Å². The van der Waals surface area contributed by atoms with Crippen molar-refractivity contribution in [2.75, 3.05) is 13.7 Å². The summed E-state index contributed by atoms with van der Waals surface area (Å²) in [4.78, 5) is 11.9. The van der Waals surface area contributed by atoms with Crippen molar-refractivity contribution in [1.29, 1.82) is 0 Å². The topological polar surface area (TPSA) is 64.3 Å². The van der Waals surface area contributed by atoms with Crippen molar-refractivity contribution >= 4 is 18.3 Å². The van der Waals surface area contributed by atoms with Crippen LogP contribution in [-0.2, 0) is 16.0 Å². The number of hydrogen-bond donors (Lipinski definition) is 2. The van der Waals surface area contributed by atoms with Crippen LogP contribution in [0.1, 0.15) is 18.4 Å². The molecule has 2 unspecified atom stereocenters. The van der Waals surface area contributed by atoms with Gasteiger partial charge in [0.15, 0.2) is 0 Å². The van der Waals surface area contributed by atoms with Crippen LogP contribution in [-0.4, -0.2) is 31.7 Å². The molecule has 5 heteroatoms. The normalized spacial score (nSPS) is 16.9. The minimum Gasteiger partial charge on any atom is -0.383 e. The van der Waals surface area contributed by atoms with Crippen LogP contribution < -0.4 is 11.1 Å². The Bertz CT molecular complexity index is 410. The maximum Gasteiger partial charge on any atom is 0.239 e. The monoisotopic (exact) mass is 298 g/mol. The number of benzene rings is 1. The van der Waals surface area contributed by atoms with E-state index in [1.807, 2.05) is 18.2 Å². The molecule has 0 saturated heterocycles. The lowest BCUT2D eigenvalue weighted by Gasteiger charge is -2.20. The van der Waals surface area contributed by atoms with Gasteiger partial charge in [-0.15, -0.1) is 12.4 Å². The van der Waals surface area contributed by atoms with Gasteiger partial charge in [0.05, 0.1) is 6.61 Å². The first-order chi connectivity index (χ1) is 9.20. The lowest BCUT2D eigenvalue weighted by molar-refractivity contribution is -0.124. The van der Waals surface area contributed by atoms with Crippen molar-refractivity contribution in [3.05, 3.63) is 35.9 Å². The van der Waals surface area contributed by atoms with Gasteiger partial charge in [0, 0.05) is 13.2 Å². The molecule has 1 amide bonds. The number of hydrogen-bond acceptors (Lipinski definition) is 3. The molecule has 1 aliphatic carbocycles. The molecule has 0 bridgehead atoms. The number of halogens is 1. The zero-order valence-electron chi connectivity index (χ0n) is 11.7. The first kappa shape index (κ1) is 17.0. The second-order valence-corrected chi connectivity index (χ2v) is 5.20. The Morgan fingerprint density at radius 1 is 1.40 bits per heavy atom. The molecular formula is C15H23ClN2O2. The van der Waals surface area contributed by atoms with Crippen molar-refractivity contribution in [3.8, 4) is 0 Å². The number of amides is 1. The van der Waals surface area contributed by atoms with Gasteiger partial charge in [-0.2, -0.15) is 0 Å². The molecule has 1 aliphatic rings. The van der Waals surface area contributed by atoms with Gasteiger partial charge in [-0.1, -0.05) is 30.3 Å². The number of nitrogens with two attached hydrogens (primary N) is 1. The van der Waals surface area contributed by atoms with Gasteiger partial charge in [0.1, 0.15) is 6.04 Å². The Morgan fingerprint density at radius 3 is 2.60 bits per heavy atom. The van der Waals surface area contributed by atoms with Crippen molar-refractivity contribution in [1.82, 2.24) is 5.32 Å². The Balaban J connectivity index is 0.00000200. The fourth-order valence-corrected chi connectivity index (χ4v) is 2.25. The molecule has 1 saturated carbocycles. The number of carbonyl (C=O) groups excluding carboxylic acids is 1. The molecule has 20 heavy (non-hydrogen) atoms. The lowest BCUT2D eigenvalue weighted by atomic mass is 10.0. The Kier molecular flexibility index (Phi) is 6.99. The molecule has 2 rings (SSSR count). The third kappa shape index (κ3) is 5.12. The van der Waals surface area contributed by atoms with E-state index in [4.69, 9.17) is 10.5 Å². The van der Waals surface area contributed by atoms with E-state index in [1.165, 1.54) is 18.4 Å². The smallest absolute Gasteiger partial charge is 0.239 e. The summed E-state index contributed by atoms with van der Waals surface area (Å²) in [5, 5.41) is 3.07. The summed E-state index contributed by atoms with van der Waals surface area (Å²) in [7, 11) is 1.55. The van der Waals surface area contributed by atoms with E-state index in [1.54, 1.807) is 7.11 Å². The first-order valence-corrected chi connectivity index (χ1v) is 6.79. The van der Waals surface area contributed by atoms with Crippen LogP contribution in [0.3, 0.4) is 0 Å². The van der Waals surface area contributed by atoms with E-state index in [0.717, 1.165) is 6.42 Å². The highest BCUT2D eigenvalue weighted by Crippen LogP contribution is 2.34. The number of methoxy groups -OCH3 is 1. The Morgan fingerprint density at radius 2 is 2.05 bits per heavy atom. The van der Waals surface area contributed by atoms with Crippen molar-refractivity contribution in [2.45, 2.75) is 31.3 Å². The summed E-state index contributed by atoms with van der Waals surface area (Å²) in [6.45, 7) is 0.258. The SMILES string of the molecule is COCC(N)C(=O)NC(Cc1ccccc1)C1CC1.Cl. The highest BCUT2D eigenvalue weighted by atomic mass is 35.5. The number of ether oxygens (including phenoxy) is 1. The fourth-order valence-electron chi connectivity index (χ4n) is 2.25. The fraction of sp³-hybridized carbons (Fsp3) is 0.533. The van der Waals surface area contributed by atoms with Crippen molar-refractivity contribution in [3.63, 3.8) is 0 Å². The van der Waals surface area contributed by atoms with Gasteiger partial charge < -0.3 is 15.8 Å². The minimum atomic E-state index is -0.581. The molecule has 0 spiro atoms. The molecule has 4 nitrogen and oxygen atoms in total. The molecule has 1 aromatic carbocycles. The molecule has 2 atom stereocenters. The van der Waals surface area contributed by atoms with Gasteiger partial charge in [0.25, 0.3) is 0 Å². The number of carbonyl (C=O) groups is 1. The maximum atomic E-state index is 11.9. The quantitative estimate of drug-likeness (QED) is 0.802. The van der Waals surface area contributed by atoms with Crippen molar-refractivity contribution in [2.24, 2.45) is 11.7 Å². The molecule has 0 radical (unpaired) electrons. The number of rotatable bonds is 7. The second-order valence-electron chi connectivity index (χ2n) is 5.20. The molecule has 1 aromatic rings. The van der Waals surface area contributed by atoms with E-state index in [-0.39, 0.29) is 31.0 Å². The van der Waals surface area contributed by atoms with Crippen LogP contribution in [0.5, 0.6) is 0 Å². The van der Waals surface area contributed by atoms with Gasteiger partial charge in [-0.3, -0.25) is 4.79 Å². The molecule has 3 N–H and O–H groups in total. The van der Waals surface area contributed by atoms with Crippen LogP contribution in [0, 0.1) is 5.92 Å². The molecule has 0 aliphatic heterocycles. The van der Waals surface area contributed by atoms with E-state index in [0.29, 0.717) is 5.92 Å². The van der Waals surface area contributed by atoms with Crippen LogP contribution >= 0.6 is 12.4 Å². The first-order valence-electron chi connectivity index (χ1n) is 6.79. The summed E-state index contributed by atoms with van der Waals surface area (Å²) in [5.41, 5.74) is 7.00. The predicted octanol–water partition coefficient (Wildman–Crippen LogP) is 1.52. The molecule has 112 valence electrons. The van der Waals surface area contributed by atoms with E-state index >= 15 is 0 Å². The summed E-state index contributed by atoms with van der Waals surface area (Å²) in [6, 6.07) is 9.85. The van der Waals surface area contributed by atoms with E-state index in [2.05, 4.69) is 17.4 Å². The summed E-state index contributed by atoms with van der Waals surface area (Å²) < 4.78 is 4.91. The van der Waals surface area contributed by atoms with E-state index < -0.39 is 6.04 Å². The zero-order valence-corrected chi connectivity index (χ0v) is 12.6. The van der Waals surface area contributed by atoms with Crippen LogP contribution in [0.2, 0.25) is 0 Å². The third-order valence-corrected chi connectivity index (χ3v) is 3.50. The second kappa shape index (κ2) is 8.25. The molecule has 0 heterocycles. The van der Waals surface area contributed by atoms with Gasteiger partial charge in [-0.25, -0.2) is 0 Å². The zero-order chi connectivity index (χ0) is 13.7. The highest BCUT2D eigenvalue weighted by molar-refractivity contribution is 5.85. The van der Waals surface area contributed by atoms with Gasteiger partial charge >= 0.3 is 0 Å². The van der Waals surface area contributed by atoms with E-state index in [9.17, 15) is 4.79 Å². The lowest BCUT2D eigenvalue weighted by Crippen LogP contribution is -2.48.